The van der Waals surface area contributed by atoms with Crippen LogP contribution in [0.3, 0.4) is 0 Å². The Hall–Kier alpha value is 0. The number of hydrogen-bond acceptors (Lipinski definition) is 0. The highest BCUT2D eigenvalue weighted by Gasteiger charge is 2.17. The zero-order chi connectivity index (χ0) is 9.52. The van der Waals surface area contributed by atoms with Crippen molar-refractivity contribution in [1.29, 1.82) is 0 Å². The van der Waals surface area contributed by atoms with Crippen LogP contribution < -0.4 is 0 Å². The lowest BCUT2D eigenvalue weighted by Crippen LogP contribution is -2.03. The Bertz CT molecular complexity index is 107. The van der Waals surface area contributed by atoms with Crippen molar-refractivity contribution in [3.05, 3.63) is 0 Å². The molecular formula is C13H26. The van der Waals surface area contributed by atoms with E-state index in [1.165, 1.54) is 57.8 Å². The van der Waals surface area contributed by atoms with E-state index in [2.05, 4.69) is 13.8 Å². The zero-order valence-corrected chi connectivity index (χ0v) is 9.52. The van der Waals surface area contributed by atoms with Crippen LogP contribution in [0.2, 0.25) is 0 Å². The van der Waals surface area contributed by atoms with E-state index in [4.69, 9.17) is 0 Å². The van der Waals surface area contributed by atoms with Gasteiger partial charge in [0.15, 0.2) is 0 Å². The van der Waals surface area contributed by atoms with Gasteiger partial charge in [-0.3, -0.25) is 0 Å². The molecule has 78 valence electrons. The Balaban J connectivity index is 0.000000145. The van der Waals surface area contributed by atoms with E-state index >= 15 is 0 Å². The topological polar surface area (TPSA) is 0 Å². The highest BCUT2D eigenvalue weighted by molar-refractivity contribution is 4.69. The van der Waals surface area contributed by atoms with E-state index in [0.29, 0.717) is 0 Å². The van der Waals surface area contributed by atoms with Gasteiger partial charge in [0.1, 0.15) is 0 Å². The molecular weight excluding hydrogens is 156 g/mol. The molecule has 0 bridgehead atoms. The third kappa shape index (κ3) is 5.33. The predicted octanol–water partition coefficient (Wildman–Crippen LogP) is 4.78. The highest BCUT2D eigenvalue weighted by Crippen LogP contribution is 2.31. The second-order valence-electron chi connectivity index (χ2n) is 4.76. The van der Waals surface area contributed by atoms with Crippen molar-refractivity contribution < 1.29 is 0 Å². The van der Waals surface area contributed by atoms with Crippen molar-refractivity contribution in [2.24, 2.45) is 11.8 Å². The van der Waals surface area contributed by atoms with Crippen molar-refractivity contribution in [3.8, 4) is 0 Å². The Morgan fingerprint density at radius 3 is 1.38 bits per heavy atom. The fourth-order valence-corrected chi connectivity index (χ4v) is 2.12. The largest absolute Gasteiger partial charge is 0.0651 e. The second kappa shape index (κ2) is 6.45. The molecule has 2 rings (SSSR count). The smallest absolute Gasteiger partial charge is 0.0417 e. The van der Waals surface area contributed by atoms with E-state index in [-0.39, 0.29) is 0 Å². The van der Waals surface area contributed by atoms with E-state index in [1.807, 2.05) is 0 Å². The van der Waals surface area contributed by atoms with Gasteiger partial charge in [0.2, 0.25) is 0 Å². The molecule has 2 fully saturated rings. The van der Waals surface area contributed by atoms with Crippen LogP contribution in [0, 0.1) is 11.8 Å². The minimum Gasteiger partial charge on any atom is -0.0651 e. The van der Waals surface area contributed by atoms with Crippen molar-refractivity contribution in [1.82, 2.24) is 0 Å². The number of rotatable bonds is 2. The molecule has 0 heterocycles. The summed E-state index contributed by atoms with van der Waals surface area (Å²) in [6.07, 6.45) is 13.4. The van der Waals surface area contributed by atoms with Crippen molar-refractivity contribution in [2.75, 3.05) is 0 Å². The van der Waals surface area contributed by atoms with E-state index in [1.54, 1.807) is 0 Å². The van der Waals surface area contributed by atoms with Crippen molar-refractivity contribution in [2.45, 2.75) is 71.6 Å². The summed E-state index contributed by atoms with van der Waals surface area (Å²) in [6.45, 7) is 4.58. The molecule has 0 aromatic carbocycles. The Morgan fingerprint density at radius 1 is 0.692 bits per heavy atom. The molecule has 0 saturated heterocycles. The second-order valence-corrected chi connectivity index (χ2v) is 4.76. The molecule has 0 nitrogen and oxygen atoms in total. The van der Waals surface area contributed by atoms with Crippen LogP contribution in [0.15, 0.2) is 0 Å². The van der Waals surface area contributed by atoms with Crippen molar-refractivity contribution >= 4 is 0 Å². The molecule has 2 saturated carbocycles. The summed E-state index contributed by atoms with van der Waals surface area (Å²) in [5.41, 5.74) is 0. The molecule has 0 unspecified atom stereocenters. The molecule has 0 atom stereocenters. The van der Waals surface area contributed by atoms with E-state index in [0.717, 1.165) is 11.8 Å². The average Bonchev–Trinajstić information content (AvgIpc) is 3.03. The maximum atomic E-state index is 2.32. The Kier molecular flexibility index (Phi) is 5.50. The molecule has 0 aromatic rings. The lowest BCUT2D eigenvalue weighted by molar-refractivity contribution is 0.349. The zero-order valence-electron chi connectivity index (χ0n) is 9.52. The van der Waals surface area contributed by atoms with Gasteiger partial charge in [-0.1, -0.05) is 71.6 Å². The quantitative estimate of drug-likeness (QED) is 0.576. The first-order chi connectivity index (χ1) is 6.36. The van der Waals surface area contributed by atoms with Gasteiger partial charge in [0.05, 0.1) is 0 Å². The van der Waals surface area contributed by atoms with Crippen LogP contribution in [0.4, 0.5) is 0 Å². The highest BCUT2D eigenvalue weighted by atomic mass is 14.2. The van der Waals surface area contributed by atoms with Crippen LogP contribution in [0.5, 0.6) is 0 Å². The van der Waals surface area contributed by atoms with Gasteiger partial charge in [-0.2, -0.15) is 0 Å². The third-order valence-corrected chi connectivity index (χ3v) is 3.58. The summed E-state index contributed by atoms with van der Waals surface area (Å²) in [5.74, 6) is 2.22. The van der Waals surface area contributed by atoms with Crippen LogP contribution >= 0.6 is 0 Å². The first-order valence-corrected chi connectivity index (χ1v) is 6.36. The van der Waals surface area contributed by atoms with Gasteiger partial charge >= 0.3 is 0 Å². The van der Waals surface area contributed by atoms with Gasteiger partial charge in [0, 0.05) is 0 Å². The third-order valence-electron chi connectivity index (χ3n) is 3.58. The van der Waals surface area contributed by atoms with Gasteiger partial charge in [-0.05, 0) is 11.8 Å². The lowest BCUT2D eigenvalue weighted by Gasteiger charge is -2.18. The summed E-state index contributed by atoms with van der Waals surface area (Å²) in [4.78, 5) is 0. The summed E-state index contributed by atoms with van der Waals surface area (Å²) in [7, 11) is 0. The minimum atomic E-state index is 1.09. The molecule has 0 aromatic heterocycles. The first-order valence-electron chi connectivity index (χ1n) is 6.36. The predicted molar refractivity (Wildman–Crippen MR) is 59.9 cm³/mol. The minimum absolute atomic E-state index is 1.09. The number of hydrogen-bond donors (Lipinski definition) is 0. The Labute approximate surface area is 84.1 Å². The van der Waals surface area contributed by atoms with Gasteiger partial charge in [0.25, 0.3) is 0 Å². The van der Waals surface area contributed by atoms with Crippen LogP contribution in [-0.4, -0.2) is 0 Å². The van der Waals surface area contributed by atoms with Gasteiger partial charge < -0.3 is 0 Å². The van der Waals surface area contributed by atoms with Gasteiger partial charge in [-0.25, -0.2) is 0 Å². The SMILES string of the molecule is CCC1CC1.CCC1CCCCC1. The monoisotopic (exact) mass is 182 g/mol. The van der Waals surface area contributed by atoms with Crippen LogP contribution in [-0.2, 0) is 0 Å². The molecule has 0 radical (unpaired) electrons. The van der Waals surface area contributed by atoms with E-state index in [9.17, 15) is 0 Å². The fraction of sp³-hybridized carbons (Fsp3) is 1.00. The van der Waals surface area contributed by atoms with Crippen molar-refractivity contribution in [3.63, 3.8) is 0 Å². The molecule has 0 spiro atoms. The maximum Gasteiger partial charge on any atom is -0.0417 e. The molecule has 2 aliphatic carbocycles. The first kappa shape index (κ1) is 11.1. The lowest BCUT2D eigenvalue weighted by atomic mass is 9.88. The Morgan fingerprint density at radius 2 is 1.15 bits per heavy atom. The average molecular weight is 182 g/mol. The molecule has 2 aliphatic rings. The summed E-state index contributed by atoms with van der Waals surface area (Å²) >= 11 is 0. The maximum absolute atomic E-state index is 2.32. The normalized spacial score (nSPS) is 23.5. The summed E-state index contributed by atoms with van der Waals surface area (Å²) in [6, 6.07) is 0. The molecule has 0 aliphatic heterocycles. The van der Waals surface area contributed by atoms with Gasteiger partial charge in [-0.15, -0.1) is 0 Å². The fourth-order valence-electron chi connectivity index (χ4n) is 2.12. The molecule has 13 heavy (non-hydrogen) atoms. The summed E-state index contributed by atoms with van der Waals surface area (Å²) in [5, 5.41) is 0. The molecule has 0 N–H and O–H groups in total. The molecule has 0 amide bonds. The van der Waals surface area contributed by atoms with E-state index < -0.39 is 0 Å². The molecule has 0 heteroatoms. The van der Waals surface area contributed by atoms with Crippen LogP contribution in [0.1, 0.15) is 71.6 Å². The standard InChI is InChI=1S/C8H16.C5H10/c1-2-8-6-4-3-5-7-8;1-2-5-3-4-5/h8H,2-7H2,1H3;5H,2-4H2,1H3. The summed E-state index contributed by atoms with van der Waals surface area (Å²) < 4.78 is 0. The van der Waals surface area contributed by atoms with Crippen LogP contribution in [0.25, 0.3) is 0 Å².